The Bertz CT molecular complexity index is 1210. The van der Waals surface area contributed by atoms with Gasteiger partial charge in [0.1, 0.15) is 11.2 Å². The van der Waals surface area contributed by atoms with E-state index in [1.807, 2.05) is 38.1 Å². The molecule has 4 aromatic rings. The molecule has 0 N–H and O–H groups in total. The Kier molecular flexibility index (Phi) is 3.13. The van der Waals surface area contributed by atoms with Crippen LogP contribution in [0.15, 0.2) is 67.0 Å². The number of hydrogen-bond donors (Lipinski definition) is 0. The van der Waals surface area contributed by atoms with Crippen molar-refractivity contribution in [2.45, 2.75) is 13.8 Å². The molecule has 118 valence electrons. The highest BCUT2D eigenvalue weighted by atomic mass is 16.4. The van der Waals surface area contributed by atoms with Crippen LogP contribution in [0.1, 0.15) is 11.1 Å². The van der Waals surface area contributed by atoms with Crippen LogP contribution < -0.4 is 11.3 Å². The Morgan fingerprint density at radius 2 is 1.46 bits per heavy atom. The number of fused-ring (bicyclic) bond motifs is 2. The van der Waals surface area contributed by atoms with Gasteiger partial charge in [-0.3, -0.25) is 0 Å². The van der Waals surface area contributed by atoms with E-state index in [0.717, 1.165) is 16.5 Å². The average Bonchev–Trinajstić information content (AvgIpc) is 2.53. The summed E-state index contributed by atoms with van der Waals surface area (Å²) < 4.78 is 10.7. The number of benzene rings is 2. The third kappa shape index (κ3) is 2.33. The van der Waals surface area contributed by atoms with Gasteiger partial charge in [0, 0.05) is 22.4 Å². The summed E-state index contributed by atoms with van der Waals surface area (Å²) in [7, 11) is 0. The van der Waals surface area contributed by atoms with Gasteiger partial charge >= 0.3 is 11.3 Å². The zero-order valence-corrected chi connectivity index (χ0v) is 13.3. The first-order valence-corrected chi connectivity index (χ1v) is 7.61. The lowest BCUT2D eigenvalue weighted by atomic mass is 10.0. The minimum absolute atomic E-state index is 0.356. The molecular weight excluding hydrogens is 304 g/mol. The second kappa shape index (κ2) is 5.20. The Morgan fingerprint density at radius 3 is 2.29 bits per heavy atom. The second-order valence-electron chi connectivity index (χ2n) is 5.97. The number of hydrogen-bond acceptors (Lipinski definition) is 4. The fourth-order valence-corrected chi connectivity index (χ4v) is 2.92. The van der Waals surface area contributed by atoms with Crippen molar-refractivity contribution in [3.05, 3.63) is 80.5 Å². The van der Waals surface area contributed by atoms with Crippen LogP contribution in [-0.2, 0) is 0 Å². The largest absolute Gasteiger partial charge is 0.423 e. The maximum Gasteiger partial charge on any atom is 0.344 e. The molecule has 0 bridgehead atoms. The molecule has 0 aliphatic carbocycles. The third-order valence-corrected chi connectivity index (χ3v) is 4.08. The van der Waals surface area contributed by atoms with Gasteiger partial charge in [-0.1, -0.05) is 23.8 Å². The standard InChI is InChI=1S/C20H14O4/c1-11-4-6-17-13(7-11)9-16(20(22)24-17)15-10-19(21)23-18-8-12(2)3-5-14(15)18/h3-10H,1-2H3. The molecule has 2 aromatic heterocycles. The first-order valence-electron chi connectivity index (χ1n) is 7.61. The molecule has 0 saturated heterocycles. The van der Waals surface area contributed by atoms with Crippen molar-refractivity contribution < 1.29 is 8.83 Å². The molecule has 4 nitrogen and oxygen atoms in total. The molecule has 4 rings (SSSR count). The van der Waals surface area contributed by atoms with E-state index in [0.29, 0.717) is 27.7 Å². The molecule has 0 saturated carbocycles. The predicted octanol–water partition coefficient (Wildman–Crippen LogP) is 4.18. The first kappa shape index (κ1) is 14.5. The summed E-state index contributed by atoms with van der Waals surface area (Å²) >= 11 is 0. The lowest BCUT2D eigenvalue weighted by Crippen LogP contribution is -2.06. The van der Waals surface area contributed by atoms with Crippen LogP contribution in [0.5, 0.6) is 0 Å². The molecule has 0 spiro atoms. The topological polar surface area (TPSA) is 60.4 Å². The summed E-state index contributed by atoms with van der Waals surface area (Å²) in [5, 5.41) is 1.53. The van der Waals surface area contributed by atoms with Gasteiger partial charge in [-0.25, -0.2) is 9.59 Å². The predicted molar refractivity (Wildman–Crippen MR) is 93.4 cm³/mol. The molecule has 0 amide bonds. The number of rotatable bonds is 1. The molecule has 24 heavy (non-hydrogen) atoms. The van der Waals surface area contributed by atoms with Crippen molar-refractivity contribution in [3.63, 3.8) is 0 Å². The van der Waals surface area contributed by atoms with Gasteiger partial charge in [0.05, 0.1) is 5.56 Å². The van der Waals surface area contributed by atoms with E-state index in [1.54, 1.807) is 18.2 Å². The molecule has 0 aliphatic rings. The third-order valence-electron chi connectivity index (χ3n) is 4.08. The van der Waals surface area contributed by atoms with E-state index in [1.165, 1.54) is 6.07 Å². The lowest BCUT2D eigenvalue weighted by molar-refractivity contribution is 0.558. The first-order chi connectivity index (χ1) is 11.5. The Labute approximate surface area is 137 Å². The molecule has 2 aromatic carbocycles. The van der Waals surface area contributed by atoms with Crippen LogP contribution >= 0.6 is 0 Å². The summed E-state index contributed by atoms with van der Waals surface area (Å²) in [6.07, 6.45) is 0. The van der Waals surface area contributed by atoms with E-state index >= 15 is 0 Å². The molecule has 0 unspecified atom stereocenters. The summed E-state index contributed by atoms with van der Waals surface area (Å²) in [5.74, 6) is 0. The maximum atomic E-state index is 12.4. The van der Waals surface area contributed by atoms with Gasteiger partial charge in [-0.15, -0.1) is 0 Å². The van der Waals surface area contributed by atoms with Crippen molar-refractivity contribution in [1.29, 1.82) is 0 Å². The number of aryl methyl sites for hydroxylation is 2. The van der Waals surface area contributed by atoms with Crippen molar-refractivity contribution in [1.82, 2.24) is 0 Å². The fraction of sp³-hybridized carbons (Fsp3) is 0.100. The van der Waals surface area contributed by atoms with E-state index in [-0.39, 0.29) is 0 Å². The van der Waals surface area contributed by atoms with E-state index in [9.17, 15) is 9.59 Å². The van der Waals surface area contributed by atoms with Crippen LogP contribution in [0.4, 0.5) is 0 Å². The van der Waals surface area contributed by atoms with Gasteiger partial charge in [0.2, 0.25) is 0 Å². The van der Waals surface area contributed by atoms with E-state index in [4.69, 9.17) is 8.83 Å². The van der Waals surface area contributed by atoms with Crippen LogP contribution in [0.25, 0.3) is 33.1 Å². The zero-order valence-electron chi connectivity index (χ0n) is 13.3. The van der Waals surface area contributed by atoms with Gasteiger partial charge in [-0.05, 0) is 43.7 Å². The zero-order chi connectivity index (χ0) is 16.8. The molecule has 0 fully saturated rings. The van der Waals surface area contributed by atoms with E-state index < -0.39 is 11.3 Å². The van der Waals surface area contributed by atoms with Crippen LogP contribution in [0.3, 0.4) is 0 Å². The van der Waals surface area contributed by atoms with Crippen LogP contribution in [-0.4, -0.2) is 0 Å². The molecule has 4 heteroatoms. The summed E-state index contributed by atoms with van der Waals surface area (Å²) in [6, 6.07) is 14.3. The molecule has 2 heterocycles. The highest BCUT2D eigenvalue weighted by molar-refractivity contribution is 5.95. The van der Waals surface area contributed by atoms with Gasteiger partial charge in [0.25, 0.3) is 0 Å². The lowest BCUT2D eigenvalue weighted by Gasteiger charge is -2.07. The monoisotopic (exact) mass is 318 g/mol. The van der Waals surface area contributed by atoms with Gasteiger partial charge in [-0.2, -0.15) is 0 Å². The summed E-state index contributed by atoms with van der Waals surface area (Å²) in [5.41, 5.74) is 2.94. The summed E-state index contributed by atoms with van der Waals surface area (Å²) in [4.78, 5) is 24.4. The van der Waals surface area contributed by atoms with Crippen molar-refractivity contribution in [2.75, 3.05) is 0 Å². The Morgan fingerprint density at radius 1 is 0.708 bits per heavy atom. The van der Waals surface area contributed by atoms with Crippen molar-refractivity contribution in [3.8, 4) is 11.1 Å². The van der Waals surface area contributed by atoms with E-state index in [2.05, 4.69) is 0 Å². The van der Waals surface area contributed by atoms with Crippen LogP contribution in [0, 0.1) is 13.8 Å². The SMILES string of the molecule is Cc1ccc2oc(=O)c(-c3cc(=O)oc4cc(C)ccc34)cc2c1. The molecular formula is C20H14O4. The molecule has 0 aliphatic heterocycles. The Balaban J connectivity index is 2.11. The minimum Gasteiger partial charge on any atom is -0.423 e. The quantitative estimate of drug-likeness (QED) is 0.494. The minimum atomic E-state index is -0.494. The summed E-state index contributed by atoms with van der Waals surface area (Å²) in [6.45, 7) is 3.89. The molecule has 0 radical (unpaired) electrons. The Hall–Kier alpha value is -3.14. The van der Waals surface area contributed by atoms with Crippen molar-refractivity contribution in [2.24, 2.45) is 0 Å². The second-order valence-corrected chi connectivity index (χ2v) is 5.97. The van der Waals surface area contributed by atoms with Crippen LogP contribution in [0.2, 0.25) is 0 Å². The molecule has 0 atom stereocenters. The highest BCUT2D eigenvalue weighted by Crippen LogP contribution is 2.28. The van der Waals surface area contributed by atoms with Gasteiger partial charge in [0.15, 0.2) is 0 Å². The van der Waals surface area contributed by atoms with Gasteiger partial charge < -0.3 is 8.83 Å². The maximum absolute atomic E-state index is 12.4. The fourth-order valence-electron chi connectivity index (χ4n) is 2.92. The average molecular weight is 318 g/mol. The highest BCUT2D eigenvalue weighted by Gasteiger charge is 2.13. The smallest absolute Gasteiger partial charge is 0.344 e. The normalized spacial score (nSPS) is 11.2. The van der Waals surface area contributed by atoms with Crippen molar-refractivity contribution >= 4 is 21.9 Å².